The Hall–Kier alpha value is -0.870. The number of aliphatic hydroxyl groups excluding tert-OH is 1. The Labute approximate surface area is 207 Å². The molecule has 4 nitrogen and oxygen atoms in total. The Morgan fingerprint density at radius 3 is 2.85 bits per heavy atom. The first-order valence-corrected chi connectivity index (χ1v) is 14.5. The molecule has 3 saturated carbocycles. The van der Waals surface area contributed by atoms with Crippen LogP contribution < -0.4 is 0 Å². The molecule has 0 aromatic carbocycles. The smallest absolute Gasteiger partial charge is 0.222 e. The molecule has 1 amide bonds. The van der Waals surface area contributed by atoms with Crippen molar-refractivity contribution < 1.29 is 14.6 Å². The number of nitrogens with zero attached hydrogens (tertiary/aromatic N) is 1. The zero-order chi connectivity index (χ0) is 24.1. The maximum absolute atomic E-state index is 13.0. The van der Waals surface area contributed by atoms with Gasteiger partial charge in [-0.1, -0.05) is 32.4 Å². The molecule has 5 aliphatic rings. The number of rotatable bonds is 4. The van der Waals surface area contributed by atoms with Crippen LogP contribution in [0.1, 0.15) is 98.3 Å². The molecule has 0 spiro atoms. The second-order valence-corrected chi connectivity index (χ2v) is 13.3. The monoisotopic (exact) mass is 471 g/mol. The molecule has 4 heteroatoms. The van der Waals surface area contributed by atoms with E-state index < -0.39 is 0 Å². The highest BCUT2D eigenvalue weighted by atomic mass is 16.5. The highest BCUT2D eigenvalue weighted by Gasteiger charge is 2.59. The highest BCUT2D eigenvalue weighted by Crippen LogP contribution is 2.67. The molecule has 0 aromatic heterocycles. The fourth-order valence-electron chi connectivity index (χ4n) is 9.55. The molecule has 0 aromatic rings. The Bertz CT molecular complexity index is 794. The van der Waals surface area contributed by atoms with Gasteiger partial charge in [0.05, 0.1) is 12.2 Å². The molecule has 192 valence electrons. The highest BCUT2D eigenvalue weighted by molar-refractivity contribution is 5.76. The molecule has 4 fully saturated rings. The van der Waals surface area contributed by atoms with Gasteiger partial charge in [0.2, 0.25) is 5.91 Å². The lowest BCUT2D eigenvalue weighted by Gasteiger charge is -2.58. The number of ether oxygens (including phenoxy) is 1. The normalized spacial score (nSPS) is 45.4. The van der Waals surface area contributed by atoms with E-state index in [1.165, 1.54) is 38.5 Å². The Morgan fingerprint density at radius 1 is 1.21 bits per heavy atom. The van der Waals surface area contributed by atoms with Crippen molar-refractivity contribution in [1.29, 1.82) is 0 Å². The molecule has 1 N–H and O–H groups in total. The lowest BCUT2D eigenvalue weighted by Crippen LogP contribution is -2.50. The van der Waals surface area contributed by atoms with Gasteiger partial charge in [-0.25, -0.2) is 0 Å². The number of carbonyl (C=O) groups is 1. The second-order valence-electron chi connectivity index (χ2n) is 13.3. The fourth-order valence-corrected chi connectivity index (χ4v) is 9.55. The van der Waals surface area contributed by atoms with Gasteiger partial charge >= 0.3 is 0 Å². The number of hydrogen-bond donors (Lipinski definition) is 1. The third kappa shape index (κ3) is 4.29. The van der Waals surface area contributed by atoms with E-state index in [-0.39, 0.29) is 12.2 Å². The van der Waals surface area contributed by atoms with Crippen LogP contribution in [0.5, 0.6) is 0 Å². The van der Waals surface area contributed by atoms with E-state index in [2.05, 4.69) is 38.7 Å². The first-order valence-electron chi connectivity index (χ1n) is 14.5. The van der Waals surface area contributed by atoms with Crippen molar-refractivity contribution in [2.45, 2.75) is 111 Å². The number of carbonyl (C=O) groups excluding carboxylic acids is 1. The Balaban J connectivity index is 1.23. The van der Waals surface area contributed by atoms with Gasteiger partial charge < -0.3 is 14.7 Å². The van der Waals surface area contributed by atoms with E-state index in [1.807, 2.05) is 0 Å². The molecule has 0 unspecified atom stereocenters. The summed E-state index contributed by atoms with van der Waals surface area (Å²) in [7, 11) is 0. The molecule has 4 aliphatic carbocycles. The lowest BCUT2D eigenvalue weighted by atomic mass is 9.47. The van der Waals surface area contributed by atoms with Gasteiger partial charge in [0, 0.05) is 26.1 Å². The standard InChI is InChI=1S/C30H49NO3/c1-20(6-11-28(33)31-16-5-17-34-21(2)19-31)25-9-10-26-24-8-7-22-18-23(32)12-14-29(22,3)27(24)13-15-30(25,26)4/h7,20-21,23-27,32H,5-6,8-19H2,1-4H3/t20-,21+,23+,24+,25-,26+,27+,29+,30-/m1/s1. The van der Waals surface area contributed by atoms with Crippen LogP contribution in [0.15, 0.2) is 11.6 Å². The predicted octanol–water partition coefficient (Wildman–Crippen LogP) is 5.98. The van der Waals surface area contributed by atoms with E-state index in [4.69, 9.17) is 4.74 Å². The topological polar surface area (TPSA) is 49.8 Å². The molecule has 1 aliphatic heterocycles. The maximum Gasteiger partial charge on any atom is 0.222 e. The first-order chi connectivity index (χ1) is 16.2. The van der Waals surface area contributed by atoms with Gasteiger partial charge in [0.15, 0.2) is 0 Å². The van der Waals surface area contributed by atoms with Crippen molar-refractivity contribution in [1.82, 2.24) is 4.90 Å². The molecule has 9 atom stereocenters. The van der Waals surface area contributed by atoms with E-state index >= 15 is 0 Å². The van der Waals surface area contributed by atoms with E-state index in [0.717, 1.165) is 69.1 Å². The van der Waals surface area contributed by atoms with Crippen LogP contribution >= 0.6 is 0 Å². The van der Waals surface area contributed by atoms with Crippen LogP contribution in [0.25, 0.3) is 0 Å². The number of fused-ring (bicyclic) bond motifs is 5. The Kier molecular flexibility index (Phi) is 6.96. The van der Waals surface area contributed by atoms with E-state index in [1.54, 1.807) is 5.57 Å². The van der Waals surface area contributed by atoms with Gasteiger partial charge in [-0.2, -0.15) is 0 Å². The van der Waals surface area contributed by atoms with Gasteiger partial charge in [0.25, 0.3) is 0 Å². The maximum atomic E-state index is 13.0. The molecule has 0 radical (unpaired) electrons. The summed E-state index contributed by atoms with van der Waals surface area (Å²) in [5.74, 6) is 4.17. The summed E-state index contributed by atoms with van der Waals surface area (Å²) >= 11 is 0. The zero-order valence-corrected chi connectivity index (χ0v) is 22.2. The van der Waals surface area contributed by atoms with Crippen LogP contribution in [0.4, 0.5) is 0 Å². The molecule has 1 saturated heterocycles. The molecule has 0 bridgehead atoms. The zero-order valence-electron chi connectivity index (χ0n) is 22.2. The van der Waals surface area contributed by atoms with Crippen LogP contribution in [0, 0.1) is 40.4 Å². The molecular formula is C30H49NO3. The van der Waals surface area contributed by atoms with Crippen molar-refractivity contribution >= 4 is 5.91 Å². The third-order valence-corrected chi connectivity index (χ3v) is 11.5. The minimum Gasteiger partial charge on any atom is -0.393 e. The number of allylic oxidation sites excluding steroid dienone is 1. The summed E-state index contributed by atoms with van der Waals surface area (Å²) in [5, 5.41) is 10.3. The Morgan fingerprint density at radius 2 is 2.03 bits per heavy atom. The summed E-state index contributed by atoms with van der Waals surface area (Å²) in [6.45, 7) is 12.1. The third-order valence-electron chi connectivity index (χ3n) is 11.5. The molecule has 5 rings (SSSR count). The van der Waals surface area contributed by atoms with Gasteiger partial charge in [0.1, 0.15) is 0 Å². The average Bonchev–Trinajstić information content (AvgIpc) is 3.01. The van der Waals surface area contributed by atoms with Gasteiger partial charge in [-0.15, -0.1) is 0 Å². The number of amides is 1. The van der Waals surface area contributed by atoms with Crippen LogP contribution in [0.3, 0.4) is 0 Å². The minimum atomic E-state index is -0.116. The van der Waals surface area contributed by atoms with Crippen molar-refractivity contribution in [2.75, 3.05) is 19.7 Å². The number of hydrogen-bond acceptors (Lipinski definition) is 3. The predicted molar refractivity (Wildman–Crippen MR) is 136 cm³/mol. The summed E-state index contributed by atoms with van der Waals surface area (Å²) in [4.78, 5) is 15.1. The average molecular weight is 472 g/mol. The largest absolute Gasteiger partial charge is 0.393 e. The molecular weight excluding hydrogens is 422 g/mol. The van der Waals surface area contributed by atoms with Crippen LogP contribution in [-0.2, 0) is 9.53 Å². The van der Waals surface area contributed by atoms with Crippen molar-refractivity contribution in [3.05, 3.63) is 11.6 Å². The fraction of sp³-hybridized carbons (Fsp3) is 0.900. The summed E-state index contributed by atoms with van der Waals surface area (Å²) in [5.41, 5.74) is 2.34. The SMILES string of the molecule is C[C@H](CCC(=O)N1CCCO[C@@H](C)C1)[C@H]1CC[C@H]2[C@@H]3CC=C4C[C@@H](O)CC[C@]4(C)[C@H]3CC[C@]12C. The lowest BCUT2D eigenvalue weighted by molar-refractivity contribution is -0.132. The quantitative estimate of drug-likeness (QED) is 0.513. The van der Waals surface area contributed by atoms with Gasteiger partial charge in [-0.3, -0.25) is 4.79 Å². The summed E-state index contributed by atoms with van der Waals surface area (Å²) in [6, 6.07) is 0. The second kappa shape index (κ2) is 9.54. The van der Waals surface area contributed by atoms with Gasteiger partial charge in [-0.05, 0) is 112 Å². The van der Waals surface area contributed by atoms with E-state index in [9.17, 15) is 9.90 Å². The summed E-state index contributed by atoms with van der Waals surface area (Å²) in [6.07, 6.45) is 15.0. The van der Waals surface area contributed by atoms with Crippen LogP contribution in [0.2, 0.25) is 0 Å². The van der Waals surface area contributed by atoms with E-state index in [0.29, 0.717) is 29.1 Å². The first kappa shape index (κ1) is 24.8. The van der Waals surface area contributed by atoms with Crippen LogP contribution in [-0.4, -0.2) is 47.8 Å². The molecule has 34 heavy (non-hydrogen) atoms. The van der Waals surface area contributed by atoms with Crippen molar-refractivity contribution in [3.8, 4) is 0 Å². The summed E-state index contributed by atoms with van der Waals surface area (Å²) < 4.78 is 5.74. The van der Waals surface area contributed by atoms with Crippen molar-refractivity contribution in [3.63, 3.8) is 0 Å². The molecule has 1 heterocycles. The minimum absolute atomic E-state index is 0.116. The van der Waals surface area contributed by atoms with Crippen molar-refractivity contribution in [2.24, 2.45) is 40.4 Å². The number of aliphatic hydroxyl groups is 1.